The molecule has 0 fully saturated rings. The molecule has 0 spiro atoms. The standard InChI is InChI=1S/C27H47N7O12/c1-6-13(4)21(26(44)32-17(11-36)25(43)34-20(12(2)3)27(45)46)33-18(37)9-29-24(42)16(10-35)31-22(40)14(5)30-23(41)15(28)7-8-19(38)39/h12-17,20-21,35-36H,6-11,28H2,1-5H3,(H,29,42)(H,30,41)(H,31,40)(H,32,44)(H,33,37)(H,34,43)(H,38,39)(H,45,46)/t13-,14-,15-,16-,17-,20-,21-/m0/s1. The molecular formula is C27H47N7O12. The number of hydrogen-bond donors (Lipinski definition) is 11. The van der Waals surface area contributed by atoms with Crippen LogP contribution >= 0.6 is 0 Å². The number of aliphatic hydroxyl groups excluding tert-OH is 2. The predicted molar refractivity (Wildman–Crippen MR) is 159 cm³/mol. The fraction of sp³-hybridized carbons (Fsp3) is 0.704. The monoisotopic (exact) mass is 661 g/mol. The average Bonchev–Trinajstić information content (AvgIpc) is 2.99. The molecule has 46 heavy (non-hydrogen) atoms. The minimum absolute atomic E-state index is 0.179. The maximum atomic E-state index is 13.0. The number of carbonyl (C=O) groups excluding carboxylic acids is 6. The third-order valence-corrected chi connectivity index (χ3v) is 6.85. The van der Waals surface area contributed by atoms with Crippen molar-refractivity contribution in [3.63, 3.8) is 0 Å². The first-order valence-electron chi connectivity index (χ1n) is 14.6. The van der Waals surface area contributed by atoms with Crippen molar-refractivity contribution in [2.75, 3.05) is 19.8 Å². The van der Waals surface area contributed by atoms with Crippen LogP contribution in [0.4, 0.5) is 0 Å². The molecule has 0 aromatic heterocycles. The number of aliphatic carboxylic acids is 2. The Morgan fingerprint density at radius 3 is 1.70 bits per heavy atom. The average molecular weight is 662 g/mol. The number of nitrogens with one attached hydrogen (secondary N) is 6. The van der Waals surface area contributed by atoms with Gasteiger partial charge in [0.25, 0.3) is 0 Å². The van der Waals surface area contributed by atoms with Crippen molar-refractivity contribution >= 4 is 47.4 Å². The van der Waals surface area contributed by atoms with Crippen molar-refractivity contribution in [1.29, 1.82) is 0 Å². The molecule has 7 atom stereocenters. The second-order valence-corrected chi connectivity index (χ2v) is 11.0. The Labute approximate surface area is 265 Å². The lowest BCUT2D eigenvalue weighted by molar-refractivity contribution is -0.144. The Bertz CT molecular complexity index is 1100. The lowest BCUT2D eigenvalue weighted by Gasteiger charge is -2.27. The predicted octanol–water partition coefficient (Wildman–Crippen LogP) is -4.49. The molecule has 0 saturated carbocycles. The van der Waals surface area contributed by atoms with Gasteiger partial charge in [-0.3, -0.25) is 33.6 Å². The molecule has 19 heteroatoms. The van der Waals surface area contributed by atoms with Gasteiger partial charge in [-0.15, -0.1) is 0 Å². The number of amides is 6. The van der Waals surface area contributed by atoms with Crippen LogP contribution in [-0.4, -0.2) is 124 Å². The summed E-state index contributed by atoms with van der Waals surface area (Å²) in [5.41, 5.74) is 5.60. The number of aliphatic hydroxyl groups is 2. The fourth-order valence-corrected chi connectivity index (χ4v) is 3.73. The van der Waals surface area contributed by atoms with E-state index in [1.165, 1.54) is 6.92 Å². The maximum absolute atomic E-state index is 13.0. The van der Waals surface area contributed by atoms with Crippen LogP contribution in [0.5, 0.6) is 0 Å². The van der Waals surface area contributed by atoms with Crippen LogP contribution in [0.15, 0.2) is 0 Å². The first kappa shape index (κ1) is 41.6. The van der Waals surface area contributed by atoms with E-state index in [0.717, 1.165) is 0 Å². The molecule has 0 aromatic rings. The fourth-order valence-electron chi connectivity index (χ4n) is 3.73. The number of carboxylic acids is 2. The molecule has 19 nitrogen and oxygen atoms in total. The summed E-state index contributed by atoms with van der Waals surface area (Å²) in [5, 5.41) is 50.8. The van der Waals surface area contributed by atoms with Crippen LogP contribution in [0, 0.1) is 11.8 Å². The third kappa shape index (κ3) is 14.6. The van der Waals surface area contributed by atoms with Crippen molar-refractivity contribution in [3.05, 3.63) is 0 Å². The first-order valence-corrected chi connectivity index (χ1v) is 14.6. The van der Waals surface area contributed by atoms with Crippen LogP contribution in [-0.2, 0) is 38.4 Å². The van der Waals surface area contributed by atoms with Gasteiger partial charge in [0.1, 0.15) is 30.2 Å². The second-order valence-electron chi connectivity index (χ2n) is 11.0. The van der Waals surface area contributed by atoms with Crippen molar-refractivity contribution in [1.82, 2.24) is 31.9 Å². The van der Waals surface area contributed by atoms with Crippen LogP contribution in [0.1, 0.15) is 53.9 Å². The third-order valence-electron chi connectivity index (χ3n) is 6.85. The number of carboxylic acid groups (broad SMARTS) is 2. The Morgan fingerprint density at radius 2 is 1.22 bits per heavy atom. The Morgan fingerprint density at radius 1 is 0.674 bits per heavy atom. The van der Waals surface area contributed by atoms with Crippen molar-refractivity contribution in [2.45, 2.75) is 90.1 Å². The van der Waals surface area contributed by atoms with Crippen LogP contribution in [0.25, 0.3) is 0 Å². The zero-order valence-corrected chi connectivity index (χ0v) is 26.5. The van der Waals surface area contributed by atoms with E-state index in [4.69, 9.17) is 10.8 Å². The van der Waals surface area contributed by atoms with Gasteiger partial charge in [0.2, 0.25) is 35.4 Å². The van der Waals surface area contributed by atoms with Crippen LogP contribution in [0.3, 0.4) is 0 Å². The van der Waals surface area contributed by atoms with E-state index >= 15 is 0 Å². The highest BCUT2D eigenvalue weighted by molar-refractivity contribution is 5.96. The summed E-state index contributed by atoms with van der Waals surface area (Å²) in [7, 11) is 0. The first-order chi connectivity index (χ1) is 21.4. The molecule has 0 radical (unpaired) electrons. The van der Waals surface area contributed by atoms with Gasteiger partial charge in [-0.2, -0.15) is 0 Å². The summed E-state index contributed by atoms with van der Waals surface area (Å²) in [4.78, 5) is 97.3. The normalized spacial score (nSPS) is 15.5. The highest BCUT2D eigenvalue weighted by Gasteiger charge is 2.32. The summed E-state index contributed by atoms with van der Waals surface area (Å²) in [6.07, 6.45) is -0.166. The molecule has 0 bridgehead atoms. The van der Waals surface area contributed by atoms with Gasteiger partial charge < -0.3 is 58.1 Å². The maximum Gasteiger partial charge on any atom is 0.326 e. The zero-order chi connectivity index (χ0) is 35.7. The molecule has 0 aliphatic carbocycles. The van der Waals surface area contributed by atoms with E-state index in [9.17, 15) is 53.7 Å². The van der Waals surface area contributed by atoms with E-state index < -0.39 is 115 Å². The van der Waals surface area contributed by atoms with Gasteiger partial charge in [0.05, 0.1) is 25.8 Å². The minimum Gasteiger partial charge on any atom is -0.481 e. The molecule has 0 rings (SSSR count). The minimum atomic E-state index is -1.54. The number of nitrogens with two attached hydrogens (primary N) is 1. The van der Waals surface area contributed by atoms with Crippen LogP contribution in [0.2, 0.25) is 0 Å². The molecule has 0 saturated heterocycles. The van der Waals surface area contributed by atoms with Crippen molar-refractivity contribution < 1.29 is 58.8 Å². The second kappa shape index (κ2) is 20.6. The summed E-state index contributed by atoms with van der Waals surface area (Å²) >= 11 is 0. The Hall–Kier alpha value is -4.36. The SMILES string of the molecule is CC[C@H](C)[C@H](NC(=O)CNC(=O)[C@H](CO)NC(=O)[C@H](C)NC(=O)[C@@H](N)CCC(=O)O)C(=O)N[C@@H](CO)C(=O)N[C@H](C(=O)O)C(C)C. The zero-order valence-electron chi connectivity index (χ0n) is 26.5. The molecule has 12 N–H and O–H groups in total. The summed E-state index contributed by atoms with van der Waals surface area (Å²) < 4.78 is 0. The lowest BCUT2D eigenvalue weighted by atomic mass is 9.97. The van der Waals surface area contributed by atoms with Gasteiger partial charge in [0, 0.05) is 6.42 Å². The van der Waals surface area contributed by atoms with Gasteiger partial charge in [0.15, 0.2) is 0 Å². The number of rotatable bonds is 21. The smallest absolute Gasteiger partial charge is 0.326 e. The Kier molecular flexibility index (Phi) is 18.7. The lowest BCUT2D eigenvalue weighted by Crippen LogP contribution is -2.59. The van der Waals surface area contributed by atoms with Crippen LogP contribution < -0.4 is 37.6 Å². The topological polar surface area (TPSA) is 316 Å². The van der Waals surface area contributed by atoms with E-state index in [0.29, 0.717) is 6.42 Å². The molecule has 0 aromatic carbocycles. The van der Waals surface area contributed by atoms with E-state index in [1.807, 2.05) is 0 Å². The van der Waals surface area contributed by atoms with Gasteiger partial charge in [-0.1, -0.05) is 34.1 Å². The van der Waals surface area contributed by atoms with E-state index in [1.54, 1.807) is 27.7 Å². The molecule has 0 heterocycles. The molecule has 0 unspecified atom stereocenters. The molecular weight excluding hydrogens is 614 g/mol. The van der Waals surface area contributed by atoms with Gasteiger partial charge in [-0.05, 0) is 25.2 Å². The number of hydrogen-bond acceptors (Lipinski definition) is 11. The van der Waals surface area contributed by atoms with Crippen molar-refractivity contribution in [3.8, 4) is 0 Å². The van der Waals surface area contributed by atoms with Gasteiger partial charge >= 0.3 is 11.9 Å². The molecule has 0 aliphatic rings. The van der Waals surface area contributed by atoms with Crippen molar-refractivity contribution in [2.24, 2.45) is 17.6 Å². The number of carbonyl (C=O) groups is 8. The van der Waals surface area contributed by atoms with E-state index in [2.05, 4.69) is 31.9 Å². The summed E-state index contributed by atoms with van der Waals surface area (Å²) in [6.45, 7) is 5.26. The molecule has 0 aliphatic heterocycles. The highest BCUT2D eigenvalue weighted by atomic mass is 16.4. The molecule has 262 valence electrons. The van der Waals surface area contributed by atoms with E-state index in [-0.39, 0.29) is 12.8 Å². The summed E-state index contributed by atoms with van der Waals surface area (Å²) in [5.74, 6) is -8.82. The summed E-state index contributed by atoms with van der Waals surface area (Å²) in [6, 6.07) is -8.03. The van der Waals surface area contributed by atoms with Gasteiger partial charge in [-0.25, -0.2) is 4.79 Å². The largest absolute Gasteiger partial charge is 0.481 e. The highest BCUT2D eigenvalue weighted by Crippen LogP contribution is 2.09. The molecule has 6 amide bonds. The Balaban J connectivity index is 5.23. The quantitative estimate of drug-likeness (QED) is 0.0553.